The predicted molar refractivity (Wildman–Crippen MR) is 86.9 cm³/mol. The van der Waals surface area contributed by atoms with Crippen molar-refractivity contribution < 1.29 is 0 Å². The number of hydrogen-bond donors (Lipinski definition) is 4. The molecule has 0 aliphatic carbocycles. The standard InChI is InChI=1S/C15H21N9/c1-2-17-13(16-1)7-12-8-23(10-14-18-3-4-19-14)22-24(9-12)11-15-20-5-6-21-15/h1-6,12,22H,7-11H2,(H,16,17)(H,18,19)(H,20,21). The van der Waals surface area contributed by atoms with Crippen molar-refractivity contribution in [3.63, 3.8) is 0 Å². The summed E-state index contributed by atoms with van der Waals surface area (Å²) in [5.74, 6) is 3.37. The van der Waals surface area contributed by atoms with Crippen molar-refractivity contribution in [1.29, 1.82) is 0 Å². The number of rotatable bonds is 6. The Bertz CT molecular complexity index is 598. The van der Waals surface area contributed by atoms with Crippen molar-refractivity contribution >= 4 is 0 Å². The second kappa shape index (κ2) is 6.95. The predicted octanol–water partition coefficient (Wildman–Crippen LogP) is 0.452. The lowest BCUT2D eigenvalue weighted by molar-refractivity contribution is -0.0565. The van der Waals surface area contributed by atoms with E-state index < -0.39 is 0 Å². The summed E-state index contributed by atoms with van der Waals surface area (Å²) in [6.45, 7) is 3.29. The Morgan fingerprint density at radius 3 is 1.75 bits per heavy atom. The van der Waals surface area contributed by atoms with Gasteiger partial charge in [-0.15, -0.1) is 0 Å². The molecular weight excluding hydrogens is 306 g/mol. The summed E-state index contributed by atoms with van der Waals surface area (Å²) < 4.78 is 0. The molecule has 1 aliphatic heterocycles. The van der Waals surface area contributed by atoms with Crippen LogP contribution >= 0.6 is 0 Å². The van der Waals surface area contributed by atoms with Crippen molar-refractivity contribution in [2.75, 3.05) is 13.1 Å². The first-order valence-electron chi connectivity index (χ1n) is 8.06. The Balaban J connectivity index is 1.44. The molecule has 0 amide bonds. The van der Waals surface area contributed by atoms with Gasteiger partial charge in [0.25, 0.3) is 0 Å². The molecule has 24 heavy (non-hydrogen) atoms. The SMILES string of the molecule is c1c[nH]c(CC2CN(Cc3ncc[nH]3)NN(Cc3ncc[nH]3)C2)n1. The number of aromatic amines is 3. The molecule has 4 rings (SSSR count). The number of nitrogens with zero attached hydrogens (tertiary/aromatic N) is 5. The third kappa shape index (κ3) is 3.70. The quantitative estimate of drug-likeness (QED) is 0.524. The van der Waals surface area contributed by atoms with Gasteiger partial charge in [-0.1, -0.05) is 0 Å². The minimum atomic E-state index is 0.460. The average molecular weight is 327 g/mol. The zero-order valence-corrected chi connectivity index (χ0v) is 13.3. The van der Waals surface area contributed by atoms with E-state index in [0.29, 0.717) is 5.92 Å². The summed E-state index contributed by atoms with van der Waals surface area (Å²) in [6.07, 6.45) is 11.8. The summed E-state index contributed by atoms with van der Waals surface area (Å²) in [4.78, 5) is 22.5. The first kappa shape index (κ1) is 15.1. The third-order valence-corrected chi connectivity index (χ3v) is 4.07. The van der Waals surface area contributed by atoms with Crippen LogP contribution in [0.15, 0.2) is 37.2 Å². The maximum Gasteiger partial charge on any atom is 0.121 e. The minimum absolute atomic E-state index is 0.460. The molecule has 4 heterocycles. The van der Waals surface area contributed by atoms with Crippen LogP contribution in [0.3, 0.4) is 0 Å². The molecule has 3 aromatic rings. The van der Waals surface area contributed by atoms with Crippen LogP contribution in [0, 0.1) is 5.92 Å². The van der Waals surface area contributed by atoms with Gasteiger partial charge in [0, 0.05) is 56.7 Å². The lowest BCUT2D eigenvalue weighted by Crippen LogP contribution is -2.58. The zero-order valence-electron chi connectivity index (χ0n) is 13.3. The third-order valence-electron chi connectivity index (χ3n) is 4.07. The number of nitrogens with one attached hydrogen (secondary N) is 4. The second-order valence-corrected chi connectivity index (χ2v) is 6.04. The maximum absolute atomic E-state index is 4.36. The van der Waals surface area contributed by atoms with E-state index >= 15 is 0 Å². The van der Waals surface area contributed by atoms with E-state index in [1.165, 1.54) is 0 Å². The Labute approximate surface area is 139 Å². The van der Waals surface area contributed by atoms with Crippen molar-refractivity contribution in [2.24, 2.45) is 5.92 Å². The van der Waals surface area contributed by atoms with Gasteiger partial charge in [0.1, 0.15) is 17.5 Å². The molecule has 0 atom stereocenters. The first-order valence-corrected chi connectivity index (χ1v) is 8.06. The molecule has 1 saturated heterocycles. The molecular formula is C15H21N9. The van der Waals surface area contributed by atoms with Gasteiger partial charge in [0.05, 0.1) is 13.1 Å². The van der Waals surface area contributed by atoms with E-state index in [1.54, 1.807) is 18.6 Å². The Morgan fingerprint density at radius 2 is 1.29 bits per heavy atom. The lowest BCUT2D eigenvalue weighted by Gasteiger charge is -2.40. The van der Waals surface area contributed by atoms with Gasteiger partial charge in [-0.3, -0.25) is 0 Å². The second-order valence-electron chi connectivity index (χ2n) is 6.04. The Hall–Kier alpha value is -2.49. The van der Waals surface area contributed by atoms with Crippen molar-refractivity contribution in [1.82, 2.24) is 45.5 Å². The van der Waals surface area contributed by atoms with E-state index in [-0.39, 0.29) is 0 Å². The molecule has 0 bridgehead atoms. The van der Waals surface area contributed by atoms with Gasteiger partial charge < -0.3 is 15.0 Å². The topological polar surface area (TPSA) is 105 Å². The number of imidazole rings is 3. The average Bonchev–Trinajstić information content (AvgIpc) is 3.30. The van der Waals surface area contributed by atoms with Gasteiger partial charge >= 0.3 is 0 Å². The van der Waals surface area contributed by atoms with Crippen LogP contribution in [-0.2, 0) is 19.5 Å². The molecule has 4 N–H and O–H groups in total. The molecule has 0 spiro atoms. The summed E-state index contributed by atoms with van der Waals surface area (Å²) in [5.41, 5.74) is 3.46. The fraction of sp³-hybridized carbons (Fsp3) is 0.400. The smallest absolute Gasteiger partial charge is 0.121 e. The normalized spacial score (nSPS) is 17.5. The van der Waals surface area contributed by atoms with E-state index in [2.05, 4.69) is 45.5 Å². The zero-order chi connectivity index (χ0) is 16.2. The number of aromatic nitrogens is 6. The van der Waals surface area contributed by atoms with Gasteiger partial charge in [0.15, 0.2) is 0 Å². The highest BCUT2D eigenvalue weighted by Gasteiger charge is 2.27. The fourth-order valence-corrected chi connectivity index (χ4v) is 3.11. The maximum atomic E-state index is 4.36. The van der Waals surface area contributed by atoms with Gasteiger partial charge in [-0.05, 0) is 5.92 Å². The summed E-state index contributed by atoms with van der Waals surface area (Å²) in [5, 5.41) is 4.36. The Morgan fingerprint density at radius 1 is 0.792 bits per heavy atom. The largest absolute Gasteiger partial charge is 0.349 e. The van der Waals surface area contributed by atoms with Crippen molar-refractivity contribution in [2.45, 2.75) is 19.5 Å². The molecule has 0 saturated carbocycles. The molecule has 9 heteroatoms. The van der Waals surface area contributed by atoms with Crippen LogP contribution in [0.1, 0.15) is 17.5 Å². The van der Waals surface area contributed by atoms with Gasteiger partial charge in [-0.25, -0.2) is 25.0 Å². The highest BCUT2D eigenvalue weighted by molar-refractivity contribution is 4.93. The molecule has 126 valence electrons. The highest BCUT2D eigenvalue weighted by Crippen LogP contribution is 2.15. The van der Waals surface area contributed by atoms with E-state index in [1.807, 2.05) is 18.6 Å². The van der Waals surface area contributed by atoms with E-state index in [0.717, 1.165) is 50.1 Å². The molecule has 1 fully saturated rings. The number of H-pyrrole nitrogens is 3. The summed E-state index contributed by atoms with van der Waals surface area (Å²) in [7, 11) is 0. The van der Waals surface area contributed by atoms with E-state index in [4.69, 9.17) is 0 Å². The highest BCUT2D eigenvalue weighted by atomic mass is 15.8. The van der Waals surface area contributed by atoms with Crippen molar-refractivity contribution in [3.05, 3.63) is 54.7 Å². The van der Waals surface area contributed by atoms with Crippen LogP contribution in [0.4, 0.5) is 0 Å². The van der Waals surface area contributed by atoms with E-state index in [9.17, 15) is 0 Å². The van der Waals surface area contributed by atoms with Crippen LogP contribution in [0.25, 0.3) is 0 Å². The molecule has 3 aromatic heterocycles. The Kier molecular flexibility index (Phi) is 4.36. The lowest BCUT2D eigenvalue weighted by atomic mass is 10.0. The molecule has 0 aromatic carbocycles. The van der Waals surface area contributed by atoms with Crippen LogP contribution in [0.2, 0.25) is 0 Å². The van der Waals surface area contributed by atoms with Crippen molar-refractivity contribution in [3.8, 4) is 0 Å². The van der Waals surface area contributed by atoms with Gasteiger partial charge in [0.2, 0.25) is 0 Å². The summed E-state index contributed by atoms with van der Waals surface area (Å²) >= 11 is 0. The molecule has 0 radical (unpaired) electrons. The van der Waals surface area contributed by atoms with Gasteiger partial charge in [-0.2, -0.15) is 5.53 Å². The molecule has 9 nitrogen and oxygen atoms in total. The van der Waals surface area contributed by atoms with Crippen LogP contribution < -0.4 is 5.53 Å². The number of hydrogen-bond acceptors (Lipinski definition) is 6. The first-order chi connectivity index (χ1) is 11.8. The number of hydrazine groups is 2. The molecule has 1 aliphatic rings. The fourth-order valence-electron chi connectivity index (χ4n) is 3.11. The summed E-state index contributed by atoms with van der Waals surface area (Å²) in [6, 6.07) is 0. The minimum Gasteiger partial charge on any atom is -0.349 e. The van der Waals surface area contributed by atoms with Crippen LogP contribution in [0.5, 0.6) is 0 Å². The molecule has 0 unspecified atom stereocenters. The monoisotopic (exact) mass is 327 g/mol. The van der Waals surface area contributed by atoms with Crippen LogP contribution in [-0.4, -0.2) is 53.0 Å².